The van der Waals surface area contributed by atoms with Crippen molar-refractivity contribution in [2.24, 2.45) is 0 Å². The molecule has 0 saturated carbocycles. The van der Waals surface area contributed by atoms with Gasteiger partial charge in [0.2, 0.25) is 0 Å². The van der Waals surface area contributed by atoms with Crippen molar-refractivity contribution >= 4 is 17.9 Å². The predicted molar refractivity (Wildman–Crippen MR) is 289 cm³/mol. The van der Waals surface area contributed by atoms with E-state index < -0.39 is 6.10 Å². The van der Waals surface area contributed by atoms with E-state index in [0.717, 1.165) is 89.9 Å². The second-order valence-corrected chi connectivity index (χ2v) is 19.5. The van der Waals surface area contributed by atoms with Gasteiger partial charge in [0.1, 0.15) is 13.2 Å². The summed E-state index contributed by atoms with van der Waals surface area (Å²) in [4.78, 5) is 38.1. The zero-order valence-electron chi connectivity index (χ0n) is 44.7. The van der Waals surface area contributed by atoms with E-state index in [0.29, 0.717) is 19.3 Å². The average molecular weight is 940 g/mol. The van der Waals surface area contributed by atoms with Crippen molar-refractivity contribution in [3.05, 3.63) is 48.6 Å². The van der Waals surface area contributed by atoms with Crippen LogP contribution in [0.4, 0.5) is 0 Å². The second-order valence-electron chi connectivity index (χ2n) is 19.5. The Morgan fingerprint density at radius 1 is 0.313 bits per heavy atom. The molecule has 6 nitrogen and oxygen atoms in total. The molecule has 67 heavy (non-hydrogen) atoms. The molecule has 0 aliphatic heterocycles. The lowest BCUT2D eigenvalue weighted by Crippen LogP contribution is -2.30. The Balaban J connectivity index is 4.34. The fourth-order valence-electron chi connectivity index (χ4n) is 8.45. The van der Waals surface area contributed by atoms with Crippen molar-refractivity contribution in [3.63, 3.8) is 0 Å². The van der Waals surface area contributed by atoms with E-state index in [9.17, 15) is 14.4 Å². The molecule has 0 heterocycles. The maximum Gasteiger partial charge on any atom is 0.306 e. The van der Waals surface area contributed by atoms with Gasteiger partial charge in [-0.25, -0.2) is 0 Å². The first kappa shape index (κ1) is 64.4. The first-order valence-electron chi connectivity index (χ1n) is 29.1. The molecule has 0 saturated heterocycles. The number of carbonyl (C=O) groups excluding carboxylic acids is 3. The highest BCUT2D eigenvalue weighted by Gasteiger charge is 2.19. The van der Waals surface area contributed by atoms with Gasteiger partial charge in [-0.15, -0.1) is 0 Å². The predicted octanol–water partition coefficient (Wildman–Crippen LogP) is 19.4. The normalized spacial score (nSPS) is 12.3. The standard InChI is InChI=1S/C61H110O6/c1-4-7-10-13-16-19-22-25-27-29-31-33-34-36-39-42-45-48-51-54-60(63)66-57-58(56-65-59(62)53-50-47-44-41-38-24-21-18-15-12-9-6-3)67-61(64)55-52-49-46-43-40-37-35-32-30-28-26-23-20-17-14-11-8-5-2/h9,12,18,21,32,35,38,41,58H,4-8,10-11,13-17,19-20,22-31,33-34,36-37,39-40,42-57H2,1-3H3/b12-9-,21-18-,35-32-,41-38-. The van der Waals surface area contributed by atoms with E-state index in [4.69, 9.17) is 14.2 Å². The highest BCUT2D eigenvalue weighted by Crippen LogP contribution is 2.17. The van der Waals surface area contributed by atoms with Gasteiger partial charge < -0.3 is 14.2 Å². The van der Waals surface area contributed by atoms with Gasteiger partial charge in [-0.2, -0.15) is 0 Å². The summed E-state index contributed by atoms with van der Waals surface area (Å²) in [5.74, 6) is -0.921. The molecule has 0 aromatic heterocycles. The van der Waals surface area contributed by atoms with Gasteiger partial charge in [0, 0.05) is 19.3 Å². The van der Waals surface area contributed by atoms with Crippen LogP contribution >= 0.6 is 0 Å². The SMILES string of the molecule is CC/C=C\C/C=C\C/C=C\CCCCC(=O)OCC(COC(=O)CCCCCCCCCCCCCCCCCCCCC)OC(=O)CCCCCCC/C=C\CCCCCCCCCCC. The van der Waals surface area contributed by atoms with E-state index in [1.807, 2.05) is 0 Å². The van der Waals surface area contributed by atoms with Gasteiger partial charge in [-0.3, -0.25) is 14.4 Å². The fourth-order valence-corrected chi connectivity index (χ4v) is 8.45. The zero-order valence-corrected chi connectivity index (χ0v) is 44.7. The minimum absolute atomic E-state index is 0.0856. The fraction of sp³-hybridized carbons (Fsp3) is 0.820. The monoisotopic (exact) mass is 939 g/mol. The summed E-state index contributed by atoms with van der Waals surface area (Å²) in [6.07, 6.45) is 68.3. The number of rotatable bonds is 53. The molecular formula is C61H110O6. The summed E-state index contributed by atoms with van der Waals surface area (Å²) < 4.78 is 16.8. The van der Waals surface area contributed by atoms with Crippen LogP contribution in [-0.4, -0.2) is 37.2 Å². The smallest absolute Gasteiger partial charge is 0.306 e. The third-order valence-electron chi connectivity index (χ3n) is 12.8. The van der Waals surface area contributed by atoms with Gasteiger partial charge in [-0.05, 0) is 77.0 Å². The summed E-state index contributed by atoms with van der Waals surface area (Å²) in [5, 5.41) is 0. The highest BCUT2D eigenvalue weighted by molar-refractivity contribution is 5.71. The Morgan fingerprint density at radius 2 is 0.582 bits per heavy atom. The Kier molecular flexibility index (Phi) is 53.8. The highest BCUT2D eigenvalue weighted by atomic mass is 16.6. The average Bonchev–Trinajstić information content (AvgIpc) is 3.33. The zero-order chi connectivity index (χ0) is 48.6. The van der Waals surface area contributed by atoms with Crippen molar-refractivity contribution in [2.75, 3.05) is 13.2 Å². The lowest BCUT2D eigenvalue weighted by molar-refractivity contribution is -0.167. The first-order valence-corrected chi connectivity index (χ1v) is 29.1. The van der Waals surface area contributed by atoms with Crippen LogP contribution in [0.2, 0.25) is 0 Å². The van der Waals surface area contributed by atoms with Gasteiger partial charge in [-0.1, -0.05) is 256 Å². The van der Waals surface area contributed by atoms with Crippen molar-refractivity contribution in [1.82, 2.24) is 0 Å². The van der Waals surface area contributed by atoms with E-state index in [2.05, 4.69) is 69.4 Å². The van der Waals surface area contributed by atoms with Gasteiger partial charge in [0.05, 0.1) is 0 Å². The summed E-state index contributed by atoms with van der Waals surface area (Å²) in [5.41, 5.74) is 0. The van der Waals surface area contributed by atoms with E-state index in [1.54, 1.807) is 0 Å². The molecule has 0 radical (unpaired) electrons. The third kappa shape index (κ3) is 54.2. The van der Waals surface area contributed by atoms with E-state index in [1.165, 1.54) is 173 Å². The maximum atomic E-state index is 12.8. The molecule has 0 aliphatic carbocycles. The van der Waals surface area contributed by atoms with Crippen molar-refractivity contribution < 1.29 is 28.6 Å². The molecule has 0 rings (SSSR count). The summed E-state index contributed by atoms with van der Waals surface area (Å²) in [7, 11) is 0. The number of ether oxygens (including phenoxy) is 3. The summed E-state index contributed by atoms with van der Waals surface area (Å²) in [6.45, 7) is 6.52. The topological polar surface area (TPSA) is 78.9 Å². The number of hydrogen-bond donors (Lipinski definition) is 0. The molecule has 6 heteroatoms. The molecule has 390 valence electrons. The van der Waals surface area contributed by atoms with Gasteiger partial charge in [0.25, 0.3) is 0 Å². The summed E-state index contributed by atoms with van der Waals surface area (Å²) >= 11 is 0. The first-order chi connectivity index (χ1) is 33.0. The molecule has 1 unspecified atom stereocenters. The number of allylic oxidation sites excluding steroid dienone is 8. The molecule has 0 bridgehead atoms. The van der Waals surface area contributed by atoms with Crippen LogP contribution in [-0.2, 0) is 28.6 Å². The Morgan fingerprint density at radius 3 is 0.955 bits per heavy atom. The van der Waals surface area contributed by atoms with Crippen LogP contribution in [0.25, 0.3) is 0 Å². The van der Waals surface area contributed by atoms with Crippen molar-refractivity contribution in [1.29, 1.82) is 0 Å². The number of carbonyl (C=O) groups is 3. The van der Waals surface area contributed by atoms with Crippen LogP contribution in [0.1, 0.15) is 303 Å². The lowest BCUT2D eigenvalue weighted by Gasteiger charge is -2.18. The Labute approximate surface area is 416 Å². The molecule has 0 fully saturated rings. The molecule has 0 aromatic rings. The van der Waals surface area contributed by atoms with Crippen LogP contribution in [0.3, 0.4) is 0 Å². The molecule has 0 amide bonds. The van der Waals surface area contributed by atoms with Crippen LogP contribution in [0.5, 0.6) is 0 Å². The van der Waals surface area contributed by atoms with Gasteiger partial charge in [0.15, 0.2) is 6.10 Å². The van der Waals surface area contributed by atoms with Crippen LogP contribution in [0.15, 0.2) is 48.6 Å². The van der Waals surface area contributed by atoms with Crippen molar-refractivity contribution in [3.8, 4) is 0 Å². The molecule has 0 aliphatic rings. The second kappa shape index (κ2) is 56.0. The molecule has 1 atom stereocenters. The number of esters is 3. The minimum Gasteiger partial charge on any atom is -0.462 e. The molecule has 0 aromatic carbocycles. The van der Waals surface area contributed by atoms with Gasteiger partial charge >= 0.3 is 17.9 Å². The van der Waals surface area contributed by atoms with Crippen LogP contribution in [0, 0.1) is 0 Å². The van der Waals surface area contributed by atoms with Crippen LogP contribution < -0.4 is 0 Å². The third-order valence-corrected chi connectivity index (χ3v) is 12.8. The van der Waals surface area contributed by atoms with Crippen molar-refractivity contribution in [2.45, 2.75) is 309 Å². The summed E-state index contributed by atoms with van der Waals surface area (Å²) in [6, 6.07) is 0. The molecule has 0 spiro atoms. The Hall–Kier alpha value is -2.63. The van der Waals surface area contributed by atoms with E-state index >= 15 is 0 Å². The quantitative estimate of drug-likeness (QED) is 0.0262. The number of hydrogen-bond acceptors (Lipinski definition) is 6. The lowest BCUT2D eigenvalue weighted by atomic mass is 10.0. The number of unbranched alkanes of at least 4 members (excludes halogenated alkanes) is 34. The maximum absolute atomic E-state index is 12.8. The molecule has 0 N–H and O–H groups in total. The van der Waals surface area contributed by atoms with E-state index in [-0.39, 0.29) is 31.1 Å². The largest absolute Gasteiger partial charge is 0.462 e. The minimum atomic E-state index is -0.790. The Bertz CT molecular complexity index is 1170. The molecular weight excluding hydrogens is 829 g/mol.